The zero-order chi connectivity index (χ0) is 17.6. The van der Waals surface area contributed by atoms with Gasteiger partial charge >= 0.3 is 6.03 Å². The summed E-state index contributed by atoms with van der Waals surface area (Å²) >= 11 is 0. The maximum Gasteiger partial charge on any atom is 0.323 e. The largest absolute Gasteiger partial charge is 0.497 e. The molecule has 0 saturated carbocycles. The molecule has 132 valence electrons. The number of amides is 2. The molecule has 8 heteroatoms. The van der Waals surface area contributed by atoms with Crippen molar-refractivity contribution in [2.45, 2.75) is 12.8 Å². The number of ether oxygens (including phenoxy) is 2. The molecule has 1 aliphatic rings. The van der Waals surface area contributed by atoms with E-state index in [0.29, 0.717) is 28.8 Å². The quantitative estimate of drug-likeness (QED) is 0.868. The molecule has 1 aliphatic heterocycles. The number of benzene rings is 1. The van der Waals surface area contributed by atoms with E-state index in [1.54, 1.807) is 44.8 Å². The molecule has 25 heavy (non-hydrogen) atoms. The monoisotopic (exact) mass is 343 g/mol. The van der Waals surface area contributed by atoms with Gasteiger partial charge in [-0.25, -0.2) is 14.8 Å². The second-order valence-electron chi connectivity index (χ2n) is 5.65. The fraction of sp³-hybridized carbons (Fsp3) is 0.353. The van der Waals surface area contributed by atoms with E-state index < -0.39 is 6.03 Å². The summed E-state index contributed by atoms with van der Waals surface area (Å²) in [5.74, 6) is 1.88. The Labute approximate surface area is 146 Å². The van der Waals surface area contributed by atoms with E-state index in [-0.39, 0.29) is 0 Å². The third kappa shape index (κ3) is 4.28. The summed E-state index contributed by atoms with van der Waals surface area (Å²) in [6.45, 7) is 1.95. The van der Waals surface area contributed by atoms with Gasteiger partial charge in [-0.05, 0) is 12.8 Å². The lowest BCUT2D eigenvalue weighted by Gasteiger charge is -2.15. The molecule has 0 radical (unpaired) electrons. The molecule has 1 aromatic carbocycles. The molecule has 0 atom stereocenters. The third-order valence-corrected chi connectivity index (χ3v) is 3.89. The minimum Gasteiger partial charge on any atom is -0.497 e. The summed E-state index contributed by atoms with van der Waals surface area (Å²) in [4.78, 5) is 22.9. The van der Waals surface area contributed by atoms with Crippen molar-refractivity contribution in [1.82, 2.24) is 9.97 Å². The molecular formula is C17H21N5O3. The fourth-order valence-electron chi connectivity index (χ4n) is 2.64. The first-order valence-electron chi connectivity index (χ1n) is 8.06. The molecule has 0 aliphatic carbocycles. The molecule has 1 aromatic heterocycles. The van der Waals surface area contributed by atoms with Crippen LogP contribution in [0.2, 0.25) is 0 Å². The highest BCUT2D eigenvalue weighted by atomic mass is 16.5. The standard InChI is InChI=1S/C17H21N5O3/c1-24-14-7-12(8-15(9-14)25-2)20-17(23)21-13-10-18-16(19-11-13)22-5-3-4-6-22/h7-11H,3-6H2,1-2H3,(H2,20,21,23). The van der Waals surface area contributed by atoms with Crippen LogP contribution in [0.4, 0.5) is 22.1 Å². The second-order valence-corrected chi connectivity index (χ2v) is 5.65. The van der Waals surface area contributed by atoms with Crippen LogP contribution in [0.15, 0.2) is 30.6 Å². The summed E-state index contributed by atoms with van der Waals surface area (Å²) in [5, 5.41) is 5.44. The summed E-state index contributed by atoms with van der Waals surface area (Å²) in [6, 6.07) is 4.74. The van der Waals surface area contributed by atoms with Crippen molar-refractivity contribution in [3.8, 4) is 11.5 Å². The fourth-order valence-corrected chi connectivity index (χ4v) is 2.64. The number of nitrogens with zero attached hydrogens (tertiary/aromatic N) is 3. The van der Waals surface area contributed by atoms with Crippen LogP contribution in [-0.4, -0.2) is 43.3 Å². The van der Waals surface area contributed by atoms with Gasteiger partial charge in [0.1, 0.15) is 11.5 Å². The SMILES string of the molecule is COc1cc(NC(=O)Nc2cnc(N3CCCC3)nc2)cc(OC)c1. The molecule has 2 aromatic rings. The van der Waals surface area contributed by atoms with Crippen LogP contribution < -0.4 is 25.0 Å². The first-order valence-corrected chi connectivity index (χ1v) is 8.06. The predicted octanol–water partition coefficient (Wildman–Crippen LogP) is 2.74. The lowest BCUT2D eigenvalue weighted by molar-refractivity contribution is 0.262. The van der Waals surface area contributed by atoms with Crippen LogP contribution in [0.5, 0.6) is 11.5 Å². The summed E-state index contributed by atoms with van der Waals surface area (Å²) in [7, 11) is 3.11. The topological polar surface area (TPSA) is 88.6 Å². The average Bonchev–Trinajstić information content (AvgIpc) is 3.16. The number of methoxy groups -OCH3 is 2. The molecule has 1 saturated heterocycles. The summed E-state index contributed by atoms with van der Waals surface area (Å²) in [5.41, 5.74) is 1.08. The van der Waals surface area contributed by atoms with Crippen molar-refractivity contribution in [1.29, 1.82) is 0 Å². The minimum atomic E-state index is -0.396. The number of carbonyl (C=O) groups is 1. The number of nitrogens with one attached hydrogen (secondary N) is 2. The van der Waals surface area contributed by atoms with Crippen molar-refractivity contribution in [2.75, 3.05) is 42.8 Å². The third-order valence-electron chi connectivity index (χ3n) is 3.89. The van der Waals surface area contributed by atoms with Crippen molar-refractivity contribution in [2.24, 2.45) is 0 Å². The predicted molar refractivity (Wildman–Crippen MR) is 95.7 cm³/mol. The molecule has 2 N–H and O–H groups in total. The highest BCUT2D eigenvalue weighted by Crippen LogP contribution is 2.26. The Balaban J connectivity index is 1.62. The number of hydrogen-bond acceptors (Lipinski definition) is 6. The molecule has 2 heterocycles. The minimum absolute atomic E-state index is 0.396. The molecule has 0 bridgehead atoms. The normalized spacial score (nSPS) is 13.4. The van der Waals surface area contributed by atoms with Crippen molar-refractivity contribution in [3.63, 3.8) is 0 Å². The first-order chi connectivity index (χ1) is 12.2. The van der Waals surface area contributed by atoms with Gasteiger partial charge in [0.15, 0.2) is 0 Å². The maximum absolute atomic E-state index is 12.2. The van der Waals surface area contributed by atoms with E-state index >= 15 is 0 Å². The van der Waals surface area contributed by atoms with E-state index in [2.05, 4.69) is 25.5 Å². The van der Waals surface area contributed by atoms with Crippen LogP contribution in [0.3, 0.4) is 0 Å². The van der Waals surface area contributed by atoms with Crippen LogP contribution in [0.25, 0.3) is 0 Å². The highest BCUT2D eigenvalue weighted by molar-refractivity contribution is 5.99. The van der Waals surface area contributed by atoms with Gasteiger partial charge in [0, 0.05) is 37.0 Å². The van der Waals surface area contributed by atoms with Gasteiger partial charge in [0.25, 0.3) is 0 Å². The summed E-state index contributed by atoms with van der Waals surface area (Å²) < 4.78 is 10.4. The van der Waals surface area contributed by atoms with Crippen LogP contribution in [0.1, 0.15) is 12.8 Å². The van der Waals surface area contributed by atoms with Gasteiger partial charge < -0.3 is 25.0 Å². The Kier molecular flexibility index (Phi) is 5.17. The van der Waals surface area contributed by atoms with E-state index in [1.165, 1.54) is 0 Å². The van der Waals surface area contributed by atoms with Crippen LogP contribution >= 0.6 is 0 Å². The van der Waals surface area contributed by atoms with Gasteiger partial charge in [-0.2, -0.15) is 0 Å². The number of anilines is 3. The zero-order valence-corrected chi connectivity index (χ0v) is 14.3. The molecule has 0 spiro atoms. The van der Waals surface area contributed by atoms with Gasteiger partial charge in [-0.15, -0.1) is 0 Å². The Morgan fingerprint density at radius 2 is 1.52 bits per heavy atom. The number of rotatable bonds is 5. The van der Waals surface area contributed by atoms with Crippen LogP contribution in [-0.2, 0) is 0 Å². The number of aromatic nitrogens is 2. The lowest BCUT2D eigenvalue weighted by atomic mass is 10.3. The van der Waals surface area contributed by atoms with Gasteiger partial charge in [0.2, 0.25) is 5.95 Å². The van der Waals surface area contributed by atoms with E-state index in [1.807, 2.05) is 0 Å². The second kappa shape index (κ2) is 7.69. The number of hydrogen-bond donors (Lipinski definition) is 2. The highest BCUT2D eigenvalue weighted by Gasteiger charge is 2.14. The van der Waals surface area contributed by atoms with Crippen molar-refractivity contribution >= 4 is 23.4 Å². The van der Waals surface area contributed by atoms with E-state index in [0.717, 1.165) is 25.9 Å². The molecule has 1 fully saturated rings. The Morgan fingerprint density at radius 3 is 2.08 bits per heavy atom. The van der Waals surface area contributed by atoms with Crippen molar-refractivity contribution in [3.05, 3.63) is 30.6 Å². The Bertz CT molecular complexity index is 707. The Hall–Kier alpha value is -3.03. The van der Waals surface area contributed by atoms with E-state index in [4.69, 9.17) is 9.47 Å². The number of urea groups is 1. The number of carbonyl (C=O) groups excluding carboxylic acids is 1. The van der Waals surface area contributed by atoms with Gasteiger partial charge in [-0.3, -0.25) is 0 Å². The molecule has 2 amide bonds. The van der Waals surface area contributed by atoms with Gasteiger partial charge in [0.05, 0.1) is 32.3 Å². The first kappa shape index (κ1) is 16.8. The smallest absolute Gasteiger partial charge is 0.323 e. The Morgan fingerprint density at radius 1 is 0.960 bits per heavy atom. The molecule has 8 nitrogen and oxygen atoms in total. The zero-order valence-electron chi connectivity index (χ0n) is 14.3. The molecular weight excluding hydrogens is 322 g/mol. The maximum atomic E-state index is 12.2. The lowest BCUT2D eigenvalue weighted by Crippen LogP contribution is -2.22. The van der Waals surface area contributed by atoms with Gasteiger partial charge in [-0.1, -0.05) is 0 Å². The van der Waals surface area contributed by atoms with Crippen molar-refractivity contribution < 1.29 is 14.3 Å². The summed E-state index contributed by atoms with van der Waals surface area (Å²) in [6.07, 6.45) is 5.53. The molecule has 0 unspecified atom stereocenters. The van der Waals surface area contributed by atoms with E-state index in [9.17, 15) is 4.79 Å². The average molecular weight is 343 g/mol. The molecule has 3 rings (SSSR count). The van der Waals surface area contributed by atoms with Crippen LogP contribution in [0, 0.1) is 0 Å².